The van der Waals surface area contributed by atoms with E-state index in [-0.39, 0.29) is 11.7 Å². The molecular formula is C21H18N2O5S. The van der Waals surface area contributed by atoms with Crippen molar-refractivity contribution in [2.75, 3.05) is 0 Å². The molecule has 1 saturated heterocycles. The molecule has 7 nitrogen and oxygen atoms in total. The second kappa shape index (κ2) is 8.74. The van der Waals surface area contributed by atoms with Crippen molar-refractivity contribution in [3.8, 4) is 5.75 Å². The molecule has 1 amide bonds. The van der Waals surface area contributed by atoms with Gasteiger partial charge in [0.15, 0.2) is 17.1 Å². The number of ketones is 1. The summed E-state index contributed by atoms with van der Waals surface area (Å²) in [6.07, 6.45) is 0.611. The van der Waals surface area contributed by atoms with Gasteiger partial charge in [0.25, 0.3) is 5.91 Å². The Morgan fingerprint density at radius 2 is 1.86 bits per heavy atom. The molecule has 2 N–H and O–H groups in total. The van der Waals surface area contributed by atoms with Crippen molar-refractivity contribution in [3.05, 3.63) is 64.6 Å². The second-order valence-electron chi connectivity index (χ2n) is 6.22. The minimum Gasteiger partial charge on any atom is -0.479 e. The van der Waals surface area contributed by atoms with Gasteiger partial charge in [-0.3, -0.25) is 9.59 Å². The Bertz CT molecular complexity index is 1030. The number of carbonyl (C=O) groups excluding carboxylic acids is 2. The number of thioether (sulfide) groups is 1. The van der Waals surface area contributed by atoms with Crippen molar-refractivity contribution in [1.29, 1.82) is 0 Å². The summed E-state index contributed by atoms with van der Waals surface area (Å²) in [5, 5.41) is 12.1. The maximum atomic E-state index is 12.3. The van der Waals surface area contributed by atoms with Gasteiger partial charge >= 0.3 is 5.97 Å². The molecule has 148 valence electrons. The minimum absolute atomic E-state index is 0.0314. The number of hydrogen-bond donors (Lipinski definition) is 2. The smallest absolute Gasteiger partial charge is 0.344 e. The summed E-state index contributed by atoms with van der Waals surface area (Å²) >= 11 is 1.16. The number of aliphatic carboxylic acids is 1. The third kappa shape index (κ3) is 5.11. The van der Waals surface area contributed by atoms with Crippen LogP contribution >= 0.6 is 11.8 Å². The van der Waals surface area contributed by atoms with Gasteiger partial charge in [-0.15, -0.1) is 0 Å². The molecule has 0 aliphatic carbocycles. The predicted octanol–water partition coefficient (Wildman–Crippen LogP) is 3.63. The van der Waals surface area contributed by atoms with Crippen LogP contribution in [0.2, 0.25) is 0 Å². The van der Waals surface area contributed by atoms with Crippen LogP contribution in [0.1, 0.15) is 29.8 Å². The number of carboxylic acid groups (broad SMARTS) is 1. The fourth-order valence-electron chi connectivity index (χ4n) is 2.46. The summed E-state index contributed by atoms with van der Waals surface area (Å²) in [6.45, 7) is 2.93. The Morgan fingerprint density at radius 1 is 1.17 bits per heavy atom. The van der Waals surface area contributed by atoms with Crippen LogP contribution in [0, 0.1) is 0 Å². The molecule has 0 bridgehead atoms. The van der Waals surface area contributed by atoms with E-state index in [9.17, 15) is 14.4 Å². The van der Waals surface area contributed by atoms with E-state index in [1.165, 1.54) is 13.8 Å². The number of benzene rings is 2. The number of hydrogen-bond acceptors (Lipinski definition) is 6. The molecule has 0 saturated carbocycles. The number of amides is 1. The van der Waals surface area contributed by atoms with Crippen LogP contribution in [0.3, 0.4) is 0 Å². The van der Waals surface area contributed by atoms with E-state index in [1.54, 1.807) is 54.6 Å². The van der Waals surface area contributed by atoms with Crippen LogP contribution in [0.25, 0.3) is 6.08 Å². The summed E-state index contributed by atoms with van der Waals surface area (Å²) in [6, 6.07) is 13.6. The first-order valence-corrected chi connectivity index (χ1v) is 9.54. The highest BCUT2D eigenvalue weighted by atomic mass is 32.2. The van der Waals surface area contributed by atoms with Gasteiger partial charge in [0.05, 0.1) is 10.6 Å². The number of Topliss-reactive ketones (excluding diaryl/α,β-unsaturated/α-hetero) is 1. The summed E-state index contributed by atoms with van der Waals surface area (Å²) in [5.41, 5.74) is 1.79. The van der Waals surface area contributed by atoms with Crippen LogP contribution in [-0.2, 0) is 9.59 Å². The largest absolute Gasteiger partial charge is 0.479 e. The quantitative estimate of drug-likeness (QED) is 0.557. The zero-order chi connectivity index (χ0) is 21.0. The maximum absolute atomic E-state index is 12.3. The molecule has 0 radical (unpaired) electrons. The van der Waals surface area contributed by atoms with E-state index < -0.39 is 12.1 Å². The number of ether oxygens (including phenoxy) is 1. The van der Waals surface area contributed by atoms with E-state index in [4.69, 9.17) is 9.84 Å². The molecule has 0 spiro atoms. The first kappa shape index (κ1) is 20.3. The van der Waals surface area contributed by atoms with E-state index >= 15 is 0 Å². The van der Waals surface area contributed by atoms with Crippen molar-refractivity contribution in [2.24, 2.45) is 4.99 Å². The molecule has 8 heteroatoms. The molecule has 1 aliphatic heterocycles. The minimum atomic E-state index is -1.08. The molecule has 3 rings (SSSR count). The normalized spacial score (nSPS) is 17.2. The lowest BCUT2D eigenvalue weighted by atomic mass is 10.1. The fraction of sp³-hybridized carbons (Fsp3) is 0.143. The van der Waals surface area contributed by atoms with E-state index in [0.29, 0.717) is 32.6 Å². The monoisotopic (exact) mass is 410 g/mol. The highest BCUT2D eigenvalue weighted by Gasteiger charge is 2.24. The number of carbonyl (C=O) groups is 3. The Kier molecular flexibility index (Phi) is 6.13. The molecule has 2 aromatic rings. The summed E-state index contributed by atoms with van der Waals surface area (Å²) < 4.78 is 5.46. The van der Waals surface area contributed by atoms with Crippen molar-refractivity contribution in [1.82, 2.24) is 5.32 Å². The number of nitrogens with zero attached hydrogens (tertiary/aromatic N) is 1. The number of carboxylic acids is 1. The molecule has 1 aliphatic rings. The lowest BCUT2D eigenvalue weighted by Crippen LogP contribution is -2.23. The number of amidine groups is 1. The SMILES string of the molecule is CC(=O)c1ccc(N=C2NC(=O)/C(=C\c3ccccc3OC(C)C(=O)O)S2)cc1. The van der Waals surface area contributed by atoms with Gasteiger partial charge in [-0.25, -0.2) is 9.79 Å². The zero-order valence-corrected chi connectivity index (χ0v) is 16.5. The van der Waals surface area contributed by atoms with Crippen LogP contribution < -0.4 is 10.1 Å². The third-order valence-electron chi connectivity index (χ3n) is 4.01. The van der Waals surface area contributed by atoms with Gasteiger partial charge in [-0.05, 0) is 62.0 Å². The first-order valence-electron chi connectivity index (χ1n) is 8.72. The van der Waals surface area contributed by atoms with Crippen LogP contribution in [0.15, 0.2) is 58.4 Å². The number of rotatable bonds is 6. The number of nitrogens with one attached hydrogen (secondary N) is 1. The summed E-state index contributed by atoms with van der Waals surface area (Å²) in [5.74, 6) is -1.05. The van der Waals surface area contributed by atoms with E-state index in [1.807, 2.05) is 0 Å². The third-order valence-corrected chi connectivity index (χ3v) is 4.92. The molecule has 0 aromatic heterocycles. The average Bonchev–Trinajstić information content (AvgIpc) is 3.02. The van der Waals surface area contributed by atoms with Crippen molar-refractivity contribution in [2.45, 2.75) is 20.0 Å². The van der Waals surface area contributed by atoms with Crippen molar-refractivity contribution >= 4 is 46.4 Å². The van der Waals surface area contributed by atoms with Gasteiger partial charge < -0.3 is 15.2 Å². The topological polar surface area (TPSA) is 105 Å². The standard InChI is InChI=1S/C21H18N2O5S/c1-12(24)14-7-9-16(10-8-14)22-21-23-19(25)18(29-21)11-15-5-3-4-6-17(15)28-13(2)20(26)27/h3-11,13H,1-2H3,(H,26,27)(H,22,23,25)/b18-11+. The average molecular weight is 410 g/mol. The molecule has 1 fully saturated rings. The predicted molar refractivity (Wildman–Crippen MR) is 111 cm³/mol. The Labute approximate surface area is 171 Å². The van der Waals surface area contributed by atoms with E-state index in [0.717, 1.165) is 11.8 Å². The van der Waals surface area contributed by atoms with Crippen LogP contribution in [-0.4, -0.2) is 34.0 Å². The summed E-state index contributed by atoms with van der Waals surface area (Å²) in [4.78, 5) is 39.5. The molecule has 29 heavy (non-hydrogen) atoms. The molecular weight excluding hydrogens is 392 g/mol. The molecule has 1 heterocycles. The fourth-order valence-corrected chi connectivity index (χ4v) is 3.29. The van der Waals surface area contributed by atoms with Gasteiger partial charge in [-0.1, -0.05) is 18.2 Å². The van der Waals surface area contributed by atoms with Crippen molar-refractivity contribution in [3.63, 3.8) is 0 Å². The lowest BCUT2D eigenvalue weighted by molar-refractivity contribution is -0.144. The van der Waals surface area contributed by atoms with Crippen LogP contribution in [0.5, 0.6) is 5.75 Å². The van der Waals surface area contributed by atoms with E-state index in [2.05, 4.69) is 10.3 Å². The first-order chi connectivity index (χ1) is 13.8. The Morgan fingerprint density at radius 3 is 2.52 bits per heavy atom. The molecule has 2 aromatic carbocycles. The highest BCUT2D eigenvalue weighted by molar-refractivity contribution is 8.18. The van der Waals surface area contributed by atoms with Gasteiger partial charge in [0.2, 0.25) is 0 Å². The zero-order valence-electron chi connectivity index (χ0n) is 15.7. The summed E-state index contributed by atoms with van der Waals surface area (Å²) in [7, 11) is 0. The Hall–Kier alpha value is -3.39. The second-order valence-corrected chi connectivity index (χ2v) is 7.25. The maximum Gasteiger partial charge on any atom is 0.344 e. The van der Waals surface area contributed by atoms with Crippen LogP contribution in [0.4, 0.5) is 5.69 Å². The highest BCUT2D eigenvalue weighted by Crippen LogP contribution is 2.31. The number of para-hydroxylation sites is 1. The van der Waals surface area contributed by atoms with Crippen molar-refractivity contribution < 1.29 is 24.2 Å². The van der Waals surface area contributed by atoms with Gasteiger partial charge in [0, 0.05) is 11.1 Å². The molecule has 1 unspecified atom stereocenters. The molecule has 1 atom stereocenters. The van der Waals surface area contributed by atoms with Gasteiger partial charge in [-0.2, -0.15) is 0 Å². The lowest BCUT2D eigenvalue weighted by Gasteiger charge is -2.12. The number of aliphatic imine (C=N–C) groups is 1. The van der Waals surface area contributed by atoms with Gasteiger partial charge in [0.1, 0.15) is 5.75 Å². The Balaban J connectivity index is 1.81.